The minimum absolute atomic E-state index is 0.269. The SMILES string of the molecule is COCc1nc(Cl)cc(Oc2cccc3cccnc23)n1. The predicted octanol–water partition coefficient (Wildman–Crippen LogP) is 3.62. The summed E-state index contributed by atoms with van der Waals surface area (Å²) < 4.78 is 10.8. The van der Waals surface area contributed by atoms with Crippen molar-refractivity contribution in [2.24, 2.45) is 0 Å². The monoisotopic (exact) mass is 301 g/mol. The molecule has 21 heavy (non-hydrogen) atoms. The number of pyridine rings is 1. The fourth-order valence-electron chi connectivity index (χ4n) is 1.96. The minimum atomic E-state index is 0.269. The molecule has 106 valence electrons. The summed E-state index contributed by atoms with van der Waals surface area (Å²) in [6.07, 6.45) is 1.72. The van der Waals surface area contributed by atoms with E-state index < -0.39 is 0 Å². The molecule has 0 amide bonds. The Labute approximate surface area is 126 Å². The maximum absolute atomic E-state index is 5.97. The van der Waals surface area contributed by atoms with E-state index in [2.05, 4.69) is 15.0 Å². The Morgan fingerprint density at radius 1 is 1.14 bits per heavy atom. The molecule has 0 aliphatic heterocycles. The van der Waals surface area contributed by atoms with E-state index in [1.54, 1.807) is 19.4 Å². The molecule has 0 aliphatic rings. The second-order valence-corrected chi connectivity index (χ2v) is 4.70. The standard InChI is InChI=1S/C15H12ClN3O2/c1-20-9-13-18-12(16)8-14(19-13)21-11-6-2-4-10-5-3-7-17-15(10)11/h2-8H,9H2,1H3. The quantitative estimate of drug-likeness (QED) is 0.689. The average molecular weight is 302 g/mol. The van der Waals surface area contributed by atoms with Gasteiger partial charge in [0.05, 0.1) is 0 Å². The van der Waals surface area contributed by atoms with E-state index in [1.807, 2.05) is 30.3 Å². The number of ether oxygens (including phenoxy) is 2. The molecule has 5 nitrogen and oxygen atoms in total. The number of methoxy groups -OCH3 is 1. The molecule has 6 heteroatoms. The molecule has 0 saturated carbocycles. The minimum Gasteiger partial charge on any atom is -0.437 e. The van der Waals surface area contributed by atoms with Crippen LogP contribution in [-0.2, 0) is 11.3 Å². The number of aromatic nitrogens is 3. The number of hydrogen-bond donors (Lipinski definition) is 0. The van der Waals surface area contributed by atoms with Gasteiger partial charge in [-0.05, 0) is 12.1 Å². The van der Waals surface area contributed by atoms with Gasteiger partial charge < -0.3 is 9.47 Å². The lowest BCUT2D eigenvalue weighted by molar-refractivity contribution is 0.177. The topological polar surface area (TPSA) is 57.1 Å². The van der Waals surface area contributed by atoms with Crippen LogP contribution < -0.4 is 4.74 Å². The first-order valence-electron chi connectivity index (χ1n) is 6.30. The first-order chi connectivity index (χ1) is 10.3. The maximum atomic E-state index is 5.97. The Hall–Kier alpha value is -2.24. The fraction of sp³-hybridized carbons (Fsp3) is 0.133. The van der Waals surface area contributed by atoms with Crippen molar-refractivity contribution < 1.29 is 9.47 Å². The molecule has 2 heterocycles. The van der Waals surface area contributed by atoms with E-state index in [0.29, 0.717) is 22.6 Å². The van der Waals surface area contributed by atoms with Gasteiger partial charge in [-0.15, -0.1) is 0 Å². The van der Waals surface area contributed by atoms with Gasteiger partial charge in [-0.1, -0.05) is 29.8 Å². The van der Waals surface area contributed by atoms with Crippen LogP contribution in [0.15, 0.2) is 42.6 Å². The number of fused-ring (bicyclic) bond motifs is 1. The van der Waals surface area contributed by atoms with Crippen molar-refractivity contribution in [3.05, 3.63) is 53.6 Å². The van der Waals surface area contributed by atoms with Crippen LogP contribution in [0.25, 0.3) is 10.9 Å². The van der Waals surface area contributed by atoms with Crippen LogP contribution in [0.3, 0.4) is 0 Å². The number of benzene rings is 1. The van der Waals surface area contributed by atoms with Gasteiger partial charge in [0.15, 0.2) is 11.6 Å². The predicted molar refractivity (Wildman–Crippen MR) is 79.6 cm³/mol. The molecule has 1 aromatic carbocycles. The molecule has 0 N–H and O–H groups in total. The third kappa shape index (κ3) is 3.09. The zero-order chi connectivity index (χ0) is 14.7. The van der Waals surface area contributed by atoms with E-state index in [9.17, 15) is 0 Å². The van der Waals surface area contributed by atoms with Crippen molar-refractivity contribution in [3.8, 4) is 11.6 Å². The molecule has 0 atom stereocenters. The van der Waals surface area contributed by atoms with Crippen LogP contribution in [0.5, 0.6) is 11.6 Å². The number of rotatable bonds is 4. The van der Waals surface area contributed by atoms with Crippen molar-refractivity contribution in [1.29, 1.82) is 0 Å². The van der Waals surface area contributed by atoms with Crippen LogP contribution >= 0.6 is 11.6 Å². The Balaban J connectivity index is 1.98. The van der Waals surface area contributed by atoms with Crippen molar-refractivity contribution in [1.82, 2.24) is 15.0 Å². The van der Waals surface area contributed by atoms with E-state index in [-0.39, 0.29) is 6.61 Å². The van der Waals surface area contributed by atoms with Gasteiger partial charge >= 0.3 is 0 Å². The van der Waals surface area contributed by atoms with Crippen LogP contribution in [-0.4, -0.2) is 22.1 Å². The smallest absolute Gasteiger partial charge is 0.224 e. The second kappa shape index (κ2) is 6.03. The van der Waals surface area contributed by atoms with Crippen LogP contribution in [0.2, 0.25) is 5.15 Å². The number of hydrogen-bond acceptors (Lipinski definition) is 5. The largest absolute Gasteiger partial charge is 0.437 e. The Morgan fingerprint density at radius 2 is 2.00 bits per heavy atom. The summed E-state index contributed by atoms with van der Waals surface area (Å²) >= 11 is 5.97. The van der Waals surface area contributed by atoms with E-state index >= 15 is 0 Å². The summed E-state index contributed by atoms with van der Waals surface area (Å²) in [5.41, 5.74) is 0.767. The summed E-state index contributed by atoms with van der Waals surface area (Å²) in [6.45, 7) is 0.269. The molecular weight excluding hydrogens is 290 g/mol. The van der Waals surface area contributed by atoms with E-state index in [1.165, 1.54) is 0 Å². The highest BCUT2D eigenvalue weighted by Crippen LogP contribution is 2.28. The molecular formula is C15H12ClN3O2. The average Bonchev–Trinajstić information content (AvgIpc) is 2.47. The molecule has 2 aromatic heterocycles. The molecule has 0 fully saturated rings. The molecule has 0 bridgehead atoms. The van der Waals surface area contributed by atoms with E-state index in [0.717, 1.165) is 10.9 Å². The van der Waals surface area contributed by atoms with E-state index in [4.69, 9.17) is 21.1 Å². The second-order valence-electron chi connectivity index (χ2n) is 4.31. The lowest BCUT2D eigenvalue weighted by atomic mass is 10.2. The maximum Gasteiger partial charge on any atom is 0.224 e. The third-order valence-electron chi connectivity index (χ3n) is 2.80. The van der Waals surface area contributed by atoms with Crippen molar-refractivity contribution in [2.75, 3.05) is 7.11 Å². The lowest BCUT2D eigenvalue weighted by Gasteiger charge is -2.08. The van der Waals surface area contributed by atoms with Crippen LogP contribution in [0, 0.1) is 0 Å². The molecule has 0 radical (unpaired) electrons. The summed E-state index contributed by atoms with van der Waals surface area (Å²) in [4.78, 5) is 12.6. The summed E-state index contributed by atoms with van der Waals surface area (Å²) in [7, 11) is 1.57. The van der Waals surface area contributed by atoms with Gasteiger partial charge in [0.25, 0.3) is 0 Å². The number of nitrogens with zero attached hydrogens (tertiary/aromatic N) is 3. The highest BCUT2D eigenvalue weighted by atomic mass is 35.5. The van der Waals surface area contributed by atoms with Gasteiger partial charge in [0.1, 0.15) is 17.3 Å². The Morgan fingerprint density at radius 3 is 2.86 bits per heavy atom. The van der Waals surface area contributed by atoms with Gasteiger partial charge in [-0.25, -0.2) is 4.98 Å². The highest BCUT2D eigenvalue weighted by Gasteiger charge is 2.08. The summed E-state index contributed by atoms with van der Waals surface area (Å²) in [5.74, 6) is 1.44. The molecule has 3 aromatic rings. The van der Waals surface area contributed by atoms with Gasteiger partial charge in [-0.2, -0.15) is 4.98 Å². The first kappa shape index (κ1) is 13.7. The van der Waals surface area contributed by atoms with Crippen molar-refractivity contribution >= 4 is 22.5 Å². The van der Waals surface area contributed by atoms with Crippen LogP contribution in [0.4, 0.5) is 0 Å². The first-order valence-corrected chi connectivity index (χ1v) is 6.68. The Bertz CT molecular complexity index is 774. The van der Waals surface area contributed by atoms with Crippen molar-refractivity contribution in [2.45, 2.75) is 6.61 Å². The lowest BCUT2D eigenvalue weighted by Crippen LogP contribution is -1.99. The summed E-state index contributed by atoms with van der Waals surface area (Å²) in [5, 5.41) is 1.30. The molecule has 0 unspecified atom stereocenters. The Kier molecular flexibility index (Phi) is 3.94. The molecule has 3 rings (SSSR count). The van der Waals surface area contributed by atoms with Crippen LogP contribution in [0.1, 0.15) is 5.82 Å². The third-order valence-corrected chi connectivity index (χ3v) is 2.99. The fourth-order valence-corrected chi connectivity index (χ4v) is 2.15. The van der Waals surface area contributed by atoms with Crippen molar-refractivity contribution in [3.63, 3.8) is 0 Å². The number of halogens is 1. The van der Waals surface area contributed by atoms with Gasteiger partial charge in [-0.3, -0.25) is 4.98 Å². The zero-order valence-electron chi connectivity index (χ0n) is 11.3. The zero-order valence-corrected chi connectivity index (χ0v) is 12.0. The molecule has 0 saturated heterocycles. The van der Waals surface area contributed by atoms with Gasteiger partial charge in [0, 0.05) is 24.8 Å². The normalized spacial score (nSPS) is 10.8. The molecule has 0 aliphatic carbocycles. The summed E-state index contributed by atoms with van der Waals surface area (Å²) in [6, 6.07) is 11.1. The van der Waals surface area contributed by atoms with Gasteiger partial charge in [0.2, 0.25) is 5.88 Å². The molecule has 0 spiro atoms. The highest BCUT2D eigenvalue weighted by molar-refractivity contribution is 6.29. The number of para-hydroxylation sites is 1.